The van der Waals surface area contributed by atoms with Gasteiger partial charge in [0.15, 0.2) is 5.82 Å². The first-order valence-corrected chi connectivity index (χ1v) is 7.75. The Morgan fingerprint density at radius 3 is 2.95 bits per heavy atom. The van der Waals surface area contributed by atoms with E-state index in [0.29, 0.717) is 28.1 Å². The zero-order chi connectivity index (χ0) is 15.2. The molecule has 1 amide bonds. The number of aryl methyl sites for hydroxylation is 1. The average Bonchev–Trinajstić information content (AvgIpc) is 2.84. The summed E-state index contributed by atoms with van der Waals surface area (Å²) >= 11 is 7.43. The number of hydrogen-bond donors (Lipinski definition) is 1. The van der Waals surface area contributed by atoms with Crippen molar-refractivity contribution in [3.63, 3.8) is 0 Å². The van der Waals surface area contributed by atoms with Gasteiger partial charge in [-0.2, -0.15) is 0 Å². The fourth-order valence-corrected chi connectivity index (χ4v) is 2.72. The number of amides is 1. The van der Waals surface area contributed by atoms with Crippen molar-refractivity contribution in [3.05, 3.63) is 40.6 Å². The van der Waals surface area contributed by atoms with Crippen LogP contribution in [0.5, 0.6) is 5.75 Å². The summed E-state index contributed by atoms with van der Waals surface area (Å²) in [5.41, 5.74) is 0.958. The lowest BCUT2D eigenvalue weighted by atomic mass is 10.2. The first-order valence-electron chi connectivity index (χ1n) is 6.22. The first-order chi connectivity index (χ1) is 10.1. The van der Waals surface area contributed by atoms with E-state index in [4.69, 9.17) is 20.9 Å². The third-order valence-electron chi connectivity index (χ3n) is 2.63. The number of carbonyl (C=O) groups is 1. The summed E-state index contributed by atoms with van der Waals surface area (Å²) in [7, 11) is 1.61. The van der Waals surface area contributed by atoms with Gasteiger partial charge in [0.05, 0.1) is 12.9 Å². The maximum absolute atomic E-state index is 11.8. The summed E-state index contributed by atoms with van der Waals surface area (Å²) in [6, 6.07) is 7.10. The number of nitrogens with zero attached hydrogens (tertiary/aromatic N) is 1. The Balaban J connectivity index is 1.84. The van der Waals surface area contributed by atoms with Crippen LogP contribution in [0.15, 0.2) is 28.8 Å². The lowest BCUT2D eigenvalue weighted by Gasteiger charge is -2.08. The molecule has 0 unspecified atom stereocenters. The van der Waals surface area contributed by atoms with Crippen molar-refractivity contribution in [2.45, 2.75) is 12.7 Å². The molecule has 112 valence electrons. The van der Waals surface area contributed by atoms with Crippen LogP contribution in [-0.4, -0.2) is 23.9 Å². The van der Waals surface area contributed by atoms with E-state index in [1.807, 2.05) is 12.1 Å². The highest BCUT2D eigenvalue weighted by Gasteiger charge is 2.08. The molecule has 0 saturated heterocycles. The molecule has 2 aromatic rings. The molecule has 0 radical (unpaired) electrons. The topological polar surface area (TPSA) is 64.4 Å². The number of hydrogen-bond acceptors (Lipinski definition) is 5. The Hall–Kier alpha value is -1.66. The van der Waals surface area contributed by atoms with Crippen molar-refractivity contribution >= 4 is 35.1 Å². The van der Waals surface area contributed by atoms with Crippen molar-refractivity contribution in [3.8, 4) is 5.75 Å². The summed E-state index contributed by atoms with van der Waals surface area (Å²) in [4.78, 5) is 11.8. The molecule has 0 aliphatic carbocycles. The Morgan fingerprint density at radius 1 is 1.48 bits per heavy atom. The molecule has 0 bridgehead atoms. The lowest BCUT2D eigenvalue weighted by Crippen LogP contribution is -2.14. The van der Waals surface area contributed by atoms with Crippen LogP contribution in [0.2, 0.25) is 5.02 Å². The van der Waals surface area contributed by atoms with Gasteiger partial charge < -0.3 is 14.6 Å². The second kappa shape index (κ2) is 7.38. The van der Waals surface area contributed by atoms with E-state index in [1.54, 1.807) is 26.2 Å². The van der Waals surface area contributed by atoms with Crippen LogP contribution >= 0.6 is 23.4 Å². The fourth-order valence-electron chi connectivity index (χ4n) is 1.72. The van der Waals surface area contributed by atoms with Crippen LogP contribution < -0.4 is 10.1 Å². The number of rotatable bonds is 6. The molecule has 0 atom stereocenters. The molecule has 2 rings (SSSR count). The Bertz CT molecular complexity index is 630. The molecule has 1 aromatic heterocycles. The normalized spacial score (nSPS) is 10.4. The predicted molar refractivity (Wildman–Crippen MR) is 84.0 cm³/mol. The van der Waals surface area contributed by atoms with E-state index in [1.165, 1.54) is 11.8 Å². The van der Waals surface area contributed by atoms with Gasteiger partial charge in [-0.05, 0) is 25.1 Å². The number of carbonyl (C=O) groups excluding carboxylic acids is 1. The minimum Gasteiger partial charge on any atom is -0.496 e. The molecule has 1 aromatic carbocycles. The molecule has 0 saturated carbocycles. The van der Waals surface area contributed by atoms with E-state index < -0.39 is 0 Å². The van der Waals surface area contributed by atoms with Crippen molar-refractivity contribution in [2.24, 2.45) is 0 Å². The van der Waals surface area contributed by atoms with Crippen LogP contribution in [0.3, 0.4) is 0 Å². The zero-order valence-electron chi connectivity index (χ0n) is 11.7. The number of ether oxygens (including phenoxy) is 1. The molecule has 1 heterocycles. The van der Waals surface area contributed by atoms with Crippen LogP contribution in [0.1, 0.15) is 11.3 Å². The van der Waals surface area contributed by atoms with E-state index in [9.17, 15) is 4.79 Å². The second-order valence-electron chi connectivity index (χ2n) is 4.32. The van der Waals surface area contributed by atoms with Gasteiger partial charge in [0, 0.05) is 22.4 Å². The van der Waals surface area contributed by atoms with E-state index in [2.05, 4.69) is 10.5 Å². The number of aromatic nitrogens is 1. The maximum Gasteiger partial charge on any atom is 0.235 e. The Kier molecular flexibility index (Phi) is 5.52. The number of methoxy groups -OCH3 is 1. The van der Waals surface area contributed by atoms with Crippen molar-refractivity contribution in [1.29, 1.82) is 0 Å². The highest BCUT2D eigenvalue weighted by molar-refractivity contribution is 7.99. The number of nitrogens with one attached hydrogen (secondary N) is 1. The standard InChI is InChI=1S/C14H15ClN2O3S/c1-9-5-13(17-20-9)16-14(18)8-21-7-10-6-11(15)3-4-12(10)19-2/h3-6H,7-8H2,1-2H3,(H,16,17,18). The van der Waals surface area contributed by atoms with Gasteiger partial charge in [-0.1, -0.05) is 16.8 Å². The number of benzene rings is 1. The molecule has 21 heavy (non-hydrogen) atoms. The Labute approximate surface area is 132 Å². The maximum atomic E-state index is 11.8. The van der Waals surface area contributed by atoms with Crippen molar-refractivity contribution in [2.75, 3.05) is 18.2 Å². The van der Waals surface area contributed by atoms with Crippen LogP contribution in [0.25, 0.3) is 0 Å². The minimum atomic E-state index is -0.130. The second-order valence-corrected chi connectivity index (χ2v) is 5.74. The summed E-state index contributed by atoms with van der Waals surface area (Å²) in [5.74, 6) is 2.66. The number of halogens is 1. The minimum absolute atomic E-state index is 0.130. The highest BCUT2D eigenvalue weighted by Crippen LogP contribution is 2.26. The third kappa shape index (κ3) is 4.68. The summed E-state index contributed by atoms with van der Waals surface area (Å²) in [6.07, 6.45) is 0. The molecule has 7 heteroatoms. The first kappa shape index (κ1) is 15.7. The van der Waals surface area contributed by atoms with Gasteiger partial charge in [-0.15, -0.1) is 11.8 Å². The van der Waals surface area contributed by atoms with Crippen molar-refractivity contribution < 1.29 is 14.1 Å². The zero-order valence-corrected chi connectivity index (χ0v) is 13.3. The monoisotopic (exact) mass is 326 g/mol. The molecule has 5 nitrogen and oxygen atoms in total. The SMILES string of the molecule is COc1ccc(Cl)cc1CSCC(=O)Nc1cc(C)on1. The van der Waals surface area contributed by atoms with Gasteiger partial charge in [0.2, 0.25) is 5.91 Å². The highest BCUT2D eigenvalue weighted by atomic mass is 35.5. The predicted octanol–water partition coefficient (Wildman–Crippen LogP) is 3.52. The van der Waals surface area contributed by atoms with Crippen LogP contribution in [-0.2, 0) is 10.5 Å². The molecule has 1 N–H and O–H groups in total. The molecular formula is C14H15ClN2O3S. The fraction of sp³-hybridized carbons (Fsp3) is 0.286. The Morgan fingerprint density at radius 2 is 2.29 bits per heavy atom. The summed E-state index contributed by atoms with van der Waals surface area (Å²) in [6.45, 7) is 1.77. The number of thioether (sulfide) groups is 1. The van der Waals surface area contributed by atoms with Gasteiger partial charge in [-0.25, -0.2) is 0 Å². The third-order valence-corrected chi connectivity index (χ3v) is 3.85. The summed E-state index contributed by atoms with van der Waals surface area (Å²) in [5, 5.41) is 7.02. The van der Waals surface area contributed by atoms with Gasteiger partial charge >= 0.3 is 0 Å². The molecule has 0 aliphatic rings. The van der Waals surface area contributed by atoms with Gasteiger partial charge in [0.1, 0.15) is 11.5 Å². The molecule has 0 fully saturated rings. The molecule has 0 spiro atoms. The van der Waals surface area contributed by atoms with Crippen molar-refractivity contribution in [1.82, 2.24) is 5.16 Å². The summed E-state index contributed by atoms with van der Waals surface area (Å²) < 4.78 is 10.1. The molecule has 0 aliphatic heterocycles. The van der Waals surface area contributed by atoms with E-state index >= 15 is 0 Å². The van der Waals surface area contributed by atoms with Gasteiger partial charge in [-0.3, -0.25) is 4.79 Å². The quantitative estimate of drug-likeness (QED) is 0.880. The van der Waals surface area contributed by atoms with Gasteiger partial charge in [0.25, 0.3) is 0 Å². The molecular weight excluding hydrogens is 312 g/mol. The number of anilines is 1. The average molecular weight is 327 g/mol. The van der Waals surface area contributed by atoms with Crippen LogP contribution in [0.4, 0.5) is 5.82 Å². The largest absolute Gasteiger partial charge is 0.496 e. The van der Waals surface area contributed by atoms with Crippen LogP contribution in [0, 0.1) is 6.92 Å². The van der Waals surface area contributed by atoms with E-state index in [-0.39, 0.29) is 5.91 Å². The lowest BCUT2D eigenvalue weighted by molar-refractivity contribution is -0.113. The van der Waals surface area contributed by atoms with E-state index in [0.717, 1.165) is 11.3 Å². The smallest absolute Gasteiger partial charge is 0.235 e.